The Kier molecular flexibility index (Phi) is 9.34. The number of nitrogens with zero attached hydrogens (tertiary/aromatic N) is 1. The van der Waals surface area contributed by atoms with Crippen molar-refractivity contribution in [2.75, 3.05) is 20.3 Å². The topological polar surface area (TPSA) is 95.5 Å². The van der Waals surface area contributed by atoms with Crippen molar-refractivity contribution in [2.24, 2.45) is 5.10 Å². The first-order chi connectivity index (χ1) is 16.9. The van der Waals surface area contributed by atoms with Crippen LogP contribution < -0.4 is 24.4 Å². The first-order valence-electron chi connectivity index (χ1n) is 10.4. The van der Waals surface area contributed by atoms with Crippen LogP contribution in [0.15, 0.2) is 65.8 Å². The maximum absolute atomic E-state index is 12.5. The van der Waals surface area contributed by atoms with Gasteiger partial charge in [0.05, 0.1) is 30.5 Å². The van der Waals surface area contributed by atoms with Gasteiger partial charge in [0, 0.05) is 5.02 Å². The minimum Gasteiger partial charge on any atom is -0.493 e. The predicted molar refractivity (Wildman–Crippen MR) is 133 cm³/mol. The number of nitrogens with one attached hydrogen (secondary N) is 1. The summed E-state index contributed by atoms with van der Waals surface area (Å²) < 4.78 is 21.7. The zero-order chi connectivity index (χ0) is 25.2. The van der Waals surface area contributed by atoms with Gasteiger partial charge in [0.15, 0.2) is 29.6 Å². The SMILES string of the molecule is CCOc1cc(C=NNC(=O)COc2ccccc2OC)ccc1OC(=O)c1ccc(Cl)cc1Cl. The minimum atomic E-state index is -0.656. The Labute approximate surface area is 212 Å². The quantitative estimate of drug-likeness (QED) is 0.173. The minimum absolute atomic E-state index is 0.169. The number of rotatable bonds is 10. The molecule has 0 bridgehead atoms. The molecule has 8 nitrogen and oxygen atoms in total. The fraction of sp³-hybridized carbons (Fsp3) is 0.160. The third-order valence-electron chi connectivity index (χ3n) is 4.45. The van der Waals surface area contributed by atoms with Gasteiger partial charge in [0.2, 0.25) is 0 Å². The van der Waals surface area contributed by atoms with Crippen LogP contribution in [0.25, 0.3) is 0 Å². The number of hydrogen-bond acceptors (Lipinski definition) is 7. The van der Waals surface area contributed by atoms with E-state index in [1.807, 2.05) is 0 Å². The van der Waals surface area contributed by atoms with E-state index in [1.165, 1.54) is 25.5 Å². The maximum Gasteiger partial charge on any atom is 0.345 e. The Hall–Kier alpha value is -3.75. The van der Waals surface area contributed by atoms with Crippen LogP contribution >= 0.6 is 23.2 Å². The number of methoxy groups -OCH3 is 1. The molecule has 0 aromatic heterocycles. The van der Waals surface area contributed by atoms with Gasteiger partial charge >= 0.3 is 5.97 Å². The summed E-state index contributed by atoms with van der Waals surface area (Å²) in [6.45, 7) is 1.89. The molecule has 1 amide bonds. The smallest absolute Gasteiger partial charge is 0.345 e. The van der Waals surface area contributed by atoms with Gasteiger partial charge in [-0.05, 0) is 61.0 Å². The number of carbonyl (C=O) groups is 2. The largest absolute Gasteiger partial charge is 0.493 e. The van der Waals surface area contributed by atoms with E-state index in [4.69, 9.17) is 42.1 Å². The standard InChI is InChI=1S/C25H22Cl2N2O6/c1-3-33-23-12-16(8-11-22(23)35-25(31)18-10-9-17(26)13-19(18)27)14-28-29-24(30)15-34-21-7-5-4-6-20(21)32-2/h4-14H,3,15H2,1-2H3,(H,29,30). The van der Waals surface area contributed by atoms with Gasteiger partial charge in [-0.25, -0.2) is 10.2 Å². The van der Waals surface area contributed by atoms with Crippen molar-refractivity contribution in [3.05, 3.63) is 81.8 Å². The molecule has 182 valence electrons. The highest BCUT2D eigenvalue weighted by molar-refractivity contribution is 6.36. The molecule has 0 spiro atoms. The monoisotopic (exact) mass is 516 g/mol. The second-order valence-electron chi connectivity index (χ2n) is 6.89. The summed E-state index contributed by atoms with van der Waals surface area (Å²) in [5.41, 5.74) is 3.15. The lowest BCUT2D eigenvalue weighted by Crippen LogP contribution is -2.24. The molecule has 3 aromatic rings. The second kappa shape index (κ2) is 12.6. The average Bonchev–Trinajstić information content (AvgIpc) is 2.84. The second-order valence-corrected chi connectivity index (χ2v) is 7.73. The molecule has 0 unspecified atom stereocenters. The molecule has 0 fully saturated rings. The van der Waals surface area contributed by atoms with Crippen LogP contribution in [0, 0.1) is 0 Å². The molecule has 1 N–H and O–H groups in total. The van der Waals surface area contributed by atoms with Crippen molar-refractivity contribution in [3.63, 3.8) is 0 Å². The molecular formula is C25H22Cl2N2O6. The van der Waals surface area contributed by atoms with E-state index >= 15 is 0 Å². The normalized spacial score (nSPS) is 10.6. The van der Waals surface area contributed by atoms with Gasteiger partial charge in [-0.3, -0.25) is 4.79 Å². The summed E-state index contributed by atoms with van der Waals surface area (Å²) >= 11 is 12.0. The lowest BCUT2D eigenvalue weighted by molar-refractivity contribution is -0.123. The Bertz CT molecular complexity index is 1230. The van der Waals surface area contributed by atoms with Crippen LogP contribution in [0.5, 0.6) is 23.0 Å². The van der Waals surface area contributed by atoms with E-state index in [-0.39, 0.29) is 22.9 Å². The van der Waals surface area contributed by atoms with Crippen molar-refractivity contribution < 1.29 is 28.5 Å². The van der Waals surface area contributed by atoms with Gasteiger partial charge < -0.3 is 18.9 Å². The molecule has 0 saturated heterocycles. The number of amides is 1. The molecule has 0 atom stereocenters. The average molecular weight is 517 g/mol. The number of benzene rings is 3. The van der Waals surface area contributed by atoms with Crippen molar-refractivity contribution in [3.8, 4) is 23.0 Å². The first kappa shape index (κ1) is 25.9. The molecular weight excluding hydrogens is 495 g/mol. The molecule has 0 radical (unpaired) electrons. The molecule has 3 rings (SSSR count). The highest BCUT2D eigenvalue weighted by Crippen LogP contribution is 2.30. The number of halogens is 2. The van der Waals surface area contributed by atoms with Gasteiger partial charge in [-0.15, -0.1) is 0 Å². The summed E-state index contributed by atoms with van der Waals surface area (Å²) in [4.78, 5) is 24.6. The molecule has 10 heteroatoms. The fourth-order valence-corrected chi connectivity index (χ4v) is 3.35. The summed E-state index contributed by atoms with van der Waals surface area (Å²) in [6.07, 6.45) is 1.42. The van der Waals surface area contributed by atoms with Crippen LogP contribution in [0.1, 0.15) is 22.8 Å². The molecule has 0 saturated carbocycles. The van der Waals surface area contributed by atoms with E-state index in [0.717, 1.165) is 0 Å². The van der Waals surface area contributed by atoms with E-state index in [2.05, 4.69) is 10.5 Å². The van der Waals surface area contributed by atoms with Gasteiger partial charge in [-0.2, -0.15) is 5.10 Å². The van der Waals surface area contributed by atoms with Crippen molar-refractivity contribution >= 4 is 41.3 Å². The number of para-hydroxylation sites is 2. The van der Waals surface area contributed by atoms with Crippen LogP contribution in [-0.2, 0) is 4.79 Å². The van der Waals surface area contributed by atoms with E-state index < -0.39 is 11.9 Å². The predicted octanol–water partition coefficient (Wildman–Crippen LogP) is 5.15. The maximum atomic E-state index is 12.5. The van der Waals surface area contributed by atoms with Crippen LogP contribution in [0.4, 0.5) is 0 Å². The number of hydrogen-bond donors (Lipinski definition) is 1. The highest BCUT2D eigenvalue weighted by Gasteiger charge is 2.16. The molecule has 0 heterocycles. The molecule has 3 aromatic carbocycles. The summed E-state index contributed by atoms with van der Waals surface area (Å²) in [5.74, 6) is 0.376. The van der Waals surface area contributed by atoms with Crippen LogP contribution in [-0.4, -0.2) is 38.4 Å². The third kappa shape index (κ3) is 7.37. The number of hydrazone groups is 1. The molecule has 0 aliphatic rings. The zero-order valence-electron chi connectivity index (χ0n) is 18.9. The third-order valence-corrected chi connectivity index (χ3v) is 5.00. The van der Waals surface area contributed by atoms with E-state index in [0.29, 0.717) is 34.4 Å². The number of carbonyl (C=O) groups excluding carboxylic acids is 2. The molecule has 0 aliphatic heterocycles. The van der Waals surface area contributed by atoms with Gasteiger partial charge in [0.1, 0.15) is 0 Å². The number of ether oxygens (including phenoxy) is 4. The molecule has 35 heavy (non-hydrogen) atoms. The van der Waals surface area contributed by atoms with Crippen molar-refractivity contribution in [1.82, 2.24) is 5.43 Å². The van der Waals surface area contributed by atoms with Gasteiger partial charge in [0.25, 0.3) is 5.91 Å². The molecule has 0 aliphatic carbocycles. The lowest BCUT2D eigenvalue weighted by atomic mass is 10.2. The summed E-state index contributed by atoms with van der Waals surface area (Å²) in [5, 5.41) is 4.51. The zero-order valence-corrected chi connectivity index (χ0v) is 20.4. The van der Waals surface area contributed by atoms with E-state index in [1.54, 1.807) is 55.5 Å². The lowest BCUT2D eigenvalue weighted by Gasteiger charge is -2.12. The van der Waals surface area contributed by atoms with Crippen molar-refractivity contribution in [1.29, 1.82) is 0 Å². The van der Waals surface area contributed by atoms with Gasteiger partial charge in [-0.1, -0.05) is 35.3 Å². The summed E-state index contributed by atoms with van der Waals surface area (Å²) in [7, 11) is 1.52. The highest BCUT2D eigenvalue weighted by atomic mass is 35.5. The number of esters is 1. The van der Waals surface area contributed by atoms with Crippen LogP contribution in [0.2, 0.25) is 10.0 Å². The van der Waals surface area contributed by atoms with E-state index in [9.17, 15) is 9.59 Å². The fourth-order valence-electron chi connectivity index (χ4n) is 2.86. The summed E-state index contributed by atoms with van der Waals surface area (Å²) in [6, 6.07) is 16.3. The van der Waals surface area contributed by atoms with Crippen molar-refractivity contribution in [2.45, 2.75) is 6.92 Å². The van der Waals surface area contributed by atoms with Crippen LogP contribution in [0.3, 0.4) is 0 Å². The Morgan fingerprint density at radius 2 is 1.71 bits per heavy atom. The Balaban J connectivity index is 1.62. The first-order valence-corrected chi connectivity index (χ1v) is 11.2. The Morgan fingerprint density at radius 3 is 2.43 bits per heavy atom. The Morgan fingerprint density at radius 1 is 0.943 bits per heavy atom.